The van der Waals surface area contributed by atoms with Gasteiger partial charge in [-0.3, -0.25) is 9.59 Å². The molecule has 0 unspecified atom stereocenters. The summed E-state index contributed by atoms with van der Waals surface area (Å²) in [5.74, 6) is 1.03. The number of allylic oxidation sites excluding steroid dienone is 2. The molecule has 6 heteroatoms. The molecule has 1 amide bonds. The predicted molar refractivity (Wildman–Crippen MR) is 111 cm³/mol. The maximum absolute atomic E-state index is 12.8. The summed E-state index contributed by atoms with van der Waals surface area (Å²) >= 11 is 11.8. The van der Waals surface area contributed by atoms with Crippen molar-refractivity contribution in [1.82, 2.24) is 5.32 Å². The molecule has 0 bridgehead atoms. The van der Waals surface area contributed by atoms with E-state index >= 15 is 0 Å². The van der Waals surface area contributed by atoms with E-state index < -0.39 is 0 Å². The van der Waals surface area contributed by atoms with Gasteiger partial charge in [0.2, 0.25) is 5.91 Å². The summed E-state index contributed by atoms with van der Waals surface area (Å²) in [7, 11) is 0. The van der Waals surface area contributed by atoms with Crippen molar-refractivity contribution in [1.29, 1.82) is 0 Å². The summed E-state index contributed by atoms with van der Waals surface area (Å²) in [4.78, 5) is 27.2. The van der Waals surface area contributed by atoms with E-state index in [4.69, 9.17) is 23.2 Å². The lowest BCUT2D eigenvalue weighted by Gasteiger charge is -2.38. The Morgan fingerprint density at radius 1 is 1.07 bits per heavy atom. The Balaban J connectivity index is 1.91. The van der Waals surface area contributed by atoms with Crippen LogP contribution in [0.15, 0.2) is 35.5 Å². The first-order valence-corrected chi connectivity index (χ1v) is 10.4. The number of anilines is 1. The molecule has 0 saturated heterocycles. The first-order chi connectivity index (χ1) is 12.8. The number of nitrogens with one attached hydrogen (secondary N) is 1. The van der Waals surface area contributed by atoms with Gasteiger partial charge in [0, 0.05) is 60.6 Å². The van der Waals surface area contributed by atoms with Crippen LogP contribution in [0, 0.1) is 5.41 Å². The third kappa shape index (κ3) is 4.49. The lowest BCUT2D eigenvalue weighted by molar-refractivity contribution is -0.122. The smallest absolute Gasteiger partial charge is 0.225 e. The first-order valence-electron chi connectivity index (χ1n) is 9.37. The molecular weight excluding hydrogens is 383 g/mol. The highest BCUT2D eigenvalue weighted by Crippen LogP contribution is 2.44. The summed E-state index contributed by atoms with van der Waals surface area (Å²) < 4.78 is 0. The van der Waals surface area contributed by atoms with Crippen molar-refractivity contribution in [2.75, 3.05) is 29.7 Å². The zero-order valence-electron chi connectivity index (χ0n) is 15.9. The lowest BCUT2D eigenvalue weighted by Crippen LogP contribution is -2.40. The van der Waals surface area contributed by atoms with Crippen LogP contribution >= 0.6 is 23.2 Å². The molecule has 1 N–H and O–H groups in total. The van der Waals surface area contributed by atoms with Crippen LogP contribution in [-0.4, -0.2) is 36.5 Å². The quantitative estimate of drug-likeness (QED) is 0.716. The predicted octanol–water partition coefficient (Wildman–Crippen LogP) is 4.22. The largest absolute Gasteiger partial charge is 0.369 e. The molecule has 0 saturated carbocycles. The van der Waals surface area contributed by atoms with Gasteiger partial charge in [0.1, 0.15) is 0 Å². The Morgan fingerprint density at radius 2 is 1.70 bits per heavy atom. The van der Waals surface area contributed by atoms with Gasteiger partial charge in [-0.05, 0) is 29.5 Å². The number of carbonyl (C=O) groups is 2. The Hall–Kier alpha value is -1.52. The minimum atomic E-state index is -0.166. The summed E-state index contributed by atoms with van der Waals surface area (Å²) in [5.41, 5.74) is 3.54. The van der Waals surface area contributed by atoms with Crippen molar-refractivity contribution < 1.29 is 9.59 Å². The molecule has 27 heavy (non-hydrogen) atoms. The summed E-state index contributed by atoms with van der Waals surface area (Å²) in [6.07, 6.45) is 1.57. The van der Waals surface area contributed by atoms with Gasteiger partial charge < -0.3 is 10.2 Å². The third-order valence-corrected chi connectivity index (χ3v) is 5.66. The van der Waals surface area contributed by atoms with Crippen molar-refractivity contribution in [2.24, 2.45) is 5.41 Å². The molecule has 0 fully saturated rings. The topological polar surface area (TPSA) is 49.4 Å². The van der Waals surface area contributed by atoms with Gasteiger partial charge in [-0.2, -0.15) is 0 Å². The molecular formula is C21H26Cl2N2O2. The summed E-state index contributed by atoms with van der Waals surface area (Å²) in [5, 5.41) is 2.95. The molecule has 0 spiro atoms. The number of benzene rings is 1. The number of hydrogen-bond donors (Lipinski definition) is 1. The zero-order valence-corrected chi connectivity index (χ0v) is 17.4. The second-order valence-corrected chi connectivity index (χ2v) is 8.85. The van der Waals surface area contributed by atoms with E-state index in [1.807, 2.05) is 24.3 Å². The van der Waals surface area contributed by atoms with Crippen LogP contribution < -0.4 is 10.2 Å². The monoisotopic (exact) mass is 408 g/mol. The molecule has 1 aromatic carbocycles. The fourth-order valence-electron chi connectivity index (χ4n) is 4.13. The van der Waals surface area contributed by atoms with Crippen LogP contribution in [0.2, 0.25) is 0 Å². The zero-order chi connectivity index (χ0) is 19.6. The number of ketones is 1. The van der Waals surface area contributed by atoms with Gasteiger partial charge in [0.05, 0.1) is 0 Å². The van der Waals surface area contributed by atoms with Crippen LogP contribution in [0.3, 0.4) is 0 Å². The fraction of sp³-hybridized carbons (Fsp3) is 0.524. The van der Waals surface area contributed by atoms with Gasteiger partial charge in [-0.15, -0.1) is 23.2 Å². The summed E-state index contributed by atoms with van der Waals surface area (Å²) in [6.45, 7) is 5.59. The van der Waals surface area contributed by atoms with E-state index in [0.717, 1.165) is 42.0 Å². The van der Waals surface area contributed by atoms with E-state index in [-0.39, 0.29) is 23.0 Å². The van der Waals surface area contributed by atoms with Crippen molar-refractivity contribution in [3.8, 4) is 0 Å². The van der Waals surface area contributed by atoms with E-state index in [9.17, 15) is 9.59 Å². The highest BCUT2D eigenvalue weighted by Gasteiger charge is 2.40. The molecule has 1 heterocycles. The minimum absolute atomic E-state index is 0.0146. The number of halogens is 2. The molecule has 1 aliphatic carbocycles. The number of rotatable bonds is 6. The maximum atomic E-state index is 12.8. The number of alkyl halides is 2. The fourth-order valence-corrected chi connectivity index (χ4v) is 4.54. The van der Waals surface area contributed by atoms with Crippen LogP contribution in [0.25, 0.3) is 0 Å². The number of amides is 1. The van der Waals surface area contributed by atoms with Gasteiger partial charge in [-0.1, -0.05) is 26.0 Å². The number of hydrogen-bond acceptors (Lipinski definition) is 3. The highest BCUT2D eigenvalue weighted by molar-refractivity contribution is 6.18. The average molecular weight is 409 g/mol. The Kier molecular flexibility index (Phi) is 6.17. The van der Waals surface area contributed by atoms with Crippen LogP contribution in [0.5, 0.6) is 0 Å². The molecule has 2 aliphatic rings. The first kappa shape index (κ1) is 20.2. The molecule has 146 valence electrons. The maximum Gasteiger partial charge on any atom is 0.225 e. The molecule has 1 aromatic rings. The molecule has 0 aromatic heterocycles. The molecule has 4 nitrogen and oxygen atoms in total. The normalized spacial score (nSPS) is 21.7. The van der Waals surface area contributed by atoms with Crippen molar-refractivity contribution >= 4 is 40.6 Å². The molecule has 1 aliphatic heterocycles. The second kappa shape index (κ2) is 8.24. The number of Topliss-reactive ketones (excluding diaryl/α,β-unsaturated/α-hetero) is 1. The van der Waals surface area contributed by atoms with E-state index in [2.05, 4.69) is 24.1 Å². The van der Waals surface area contributed by atoms with E-state index in [1.54, 1.807) is 0 Å². The van der Waals surface area contributed by atoms with Crippen LogP contribution in [0.1, 0.15) is 44.6 Å². The number of carbonyl (C=O) groups excluding carboxylic acids is 2. The van der Waals surface area contributed by atoms with E-state index in [0.29, 0.717) is 24.6 Å². The molecule has 1 atom stereocenters. The van der Waals surface area contributed by atoms with Crippen LogP contribution in [0.4, 0.5) is 5.69 Å². The van der Waals surface area contributed by atoms with Crippen molar-refractivity contribution in [3.63, 3.8) is 0 Å². The Morgan fingerprint density at radius 3 is 2.30 bits per heavy atom. The molecule has 3 rings (SSSR count). The third-order valence-electron chi connectivity index (χ3n) is 5.32. The van der Waals surface area contributed by atoms with Crippen molar-refractivity contribution in [2.45, 2.75) is 39.0 Å². The van der Waals surface area contributed by atoms with Crippen LogP contribution in [-0.2, 0) is 9.59 Å². The van der Waals surface area contributed by atoms with E-state index in [1.165, 1.54) is 0 Å². The SMILES string of the molecule is CC1(C)CC(=O)C2=C(C1)NC(=O)C[C@H]2c1ccc(N(CCCl)CCCl)cc1. The second-order valence-electron chi connectivity index (χ2n) is 8.09. The highest BCUT2D eigenvalue weighted by atomic mass is 35.5. The molecule has 0 radical (unpaired) electrons. The lowest BCUT2D eigenvalue weighted by atomic mass is 9.70. The average Bonchev–Trinajstić information content (AvgIpc) is 2.59. The minimum Gasteiger partial charge on any atom is -0.369 e. The Labute approximate surface area is 170 Å². The van der Waals surface area contributed by atoms with Gasteiger partial charge in [0.15, 0.2) is 5.78 Å². The van der Waals surface area contributed by atoms with Gasteiger partial charge in [0.25, 0.3) is 0 Å². The standard InChI is InChI=1S/C21H26Cl2N2O2/c1-21(2)12-17-20(18(26)13-21)16(11-19(27)24-17)14-3-5-15(6-4-14)25(9-7-22)10-8-23/h3-6,16H,7-13H2,1-2H3,(H,24,27)/t16-/m0/s1. The van der Waals surface area contributed by atoms with Gasteiger partial charge in [-0.25, -0.2) is 0 Å². The van der Waals surface area contributed by atoms with Crippen molar-refractivity contribution in [3.05, 3.63) is 41.1 Å². The Bertz CT molecular complexity index is 750. The van der Waals surface area contributed by atoms with Gasteiger partial charge >= 0.3 is 0 Å². The number of nitrogens with zero attached hydrogens (tertiary/aromatic N) is 1. The summed E-state index contributed by atoms with van der Waals surface area (Å²) in [6, 6.07) is 8.09.